The molecule has 0 amide bonds. The summed E-state index contributed by atoms with van der Waals surface area (Å²) >= 11 is 0. The van der Waals surface area contributed by atoms with E-state index in [1.807, 2.05) is 13.2 Å². The van der Waals surface area contributed by atoms with Crippen LogP contribution in [0.4, 0.5) is 0 Å². The highest BCUT2D eigenvalue weighted by atomic mass is 15.0. The van der Waals surface area contributed by atoms with Gasteiger partial charge < -0.3 is 10.6 Å². The molecule has 3 heteroatoms. The number of benzene rings is 1. The number of nitrogens with one attached hydrogen (secondary N) is 2. The van der Waals surface area contributed by atoms with Gasteiger partial charge in [-0.15, -0.1) is 0 Å². The first-order chi connectivity index (χ1) is 8.31. The van der Waals surface area contributed by atoms with E-state index in [0.29, 0.717) is 6.04 Å². The third-order valence-electron chi connectivity index (χ3n) is 2.88. The zero-order chi connectivity index (χ0) is 12.1. The Balaban J connectivity index is 2.13. The summed E-state index contributed by atoms with van der Waals surface area (Å²) in [5.74, 6) is 0. The molecule has 0 radical (unpaired) electrons. The Morgan fingerprint density at radius 2 is 2.06 bits per heavy atom. The number of nitrogens with zero attached hydrogens (tertiary/aromatic N) is 1. The molecule has 2 rings (SSSR count). The van der Waals surface area contributed by atoms with E-state index in [4.69, 9.17) is 0 Å². The lowest BCUT2D eigenvalue weighted by molar-refractivity contribution is 0.520. The molecule has 0 saturated carbocycles. The summed E-state index contributed by atoms with van der Waals surface area (Å²) < 4.78 is 0. The van der Waals surface area contributed by atoms with Crippen molar-refractivity contribution in [3.63, 3.8) is 0 Å². The van der Waals surface area contributed by atoms with E-state index in [9.17, 15) is 0 Å². The molecule has 2 aromatic rings. The van der Waals surface area contributed by atoms with Crippen molar-refractivity contribution in [2.45, 2.75) is 19.5 Å². The molecule has 0 fully saturated rings. The molecular weight excluding hydrogens is 210 g/mol. The minimum absolute atomic E-state index is 0.445. The monoisotopic (exact) mass is 229 g/mol. The van der Waals surface area contributed by atoms with Crippen molar-refractivity contribution >= 4 is 10.8 Å². The second-order valence-corrected chi connectivity index (χ2v) is 4.32. The van der Waals surface area contributed by atoms with Crippen LogP contribution in [0.25, 0.3) is 10.8 Å². The quantitative estimate of drug-likeness (QED) is 0.822. The van der Waals surface area contributed by atoms with Crippen LogP contribution in [0.1, 0.15) is 12.6 Å². The molecule has 1 aromatic carbocycles. The minimum atomic E-state index is 0.445. The van der Waals surface area contributed by atoms with Crippen molar-refractivity contribution in [2.75, 3.05) is 13.6 Å². The van der Waals surface area contributed by atoms with Gasteiger partial charge in [-0.1, -0.05) is 24.3 Å². The minimum Gasteiger partial charge on any atom is -0.318 e. The highest BCUT2D eigenvalue weighted by Crippen LogP contribution is 2.15. The smallest absolute Gasteiger partial charge is 0.0619 e. The van der Waals surface area contributed by atoms with E-state index in [1.54, 1.807) is 0 Å². The molecule has 0 bridgehead atoms. The largest absolute Gasteiger partial charge is 0.318 e. The number of hydrogen-bond donors (Lipinski definition) is 2. The number of likely N-dealkylation sites (N-methyl/N-ethyl adjacent to an activating group) is 1. The van der Waals surface area contributed by atoms with Crippen LogP contribution < -0.4 is 10.6 Å². The predicted octanol–water partition coefficient (Wildman–Crippen LogP) is 1.93. The van der Waals surface area contributed by atoms with Crippen molar-refractivity contribution in [1.82, 2.24) is 15.6 Å². The summed E-state index contributed by atoms with van der Waals surface area (Å²) in [6, 6.07) is 10.9. The predicted molar refractivity (Wildman–Crippen MR) is 72.0 cm³/mol. The van der Waals surface area contributed by atoms with E-state index < -0.39 is 0 Å². The van der Waals surface area contributed by atoms with Crippen LogP contribution in [-0.4, -0.2) is 24.6 Å². The van der Waals surface area contributed by atoms with Gasteiger partial charge in [-0.05, 0) is 25.4 Å². The lowest BCUT2D eigenvalue weighted by atomic mass is 10.1. The van der Waals surface area contributed by atoms with Crippen LogP contribution in [0.5, 0.6) is 0 Å². The van der Waals surface area contributed by atoms with E-state index in [2.05, 4.69) is 52.9 Å². The van der Waals surface area contributed by atoms with E-state index in [-0.39, 0.29) is 0 Å². The lowest BCUT2D eigenvalue weighted by Crippen LogP contribution is -2.34. The molecule has 0 aliphatic rings. The average Bonchev–Trinajstić information content (AvgIpc) is 2.36. The van der Waals surface area contributed by atoms with Crippen LogP contribution >= 0.6 is 0 Å². The number of fused-ring (bicyclic) bond motifs is 1. The zero-order valence-electron chi connectivity index (χ0n) is 10.4. The fraction of sp³-hybridized carbons (Fsp3) is 0.357. The van der Waals surface area contributed by atoms with Gasteiger partial charge in [0.05, 0.1) is 5.69 Å². The van der Waals surface area contributed by atoms with Gasteiger partial charge in [0.2, 0.25) is 0 Å². The summed E-state index contributed by atoms with van der Waals surface area (Å²) in [6.45, 7) is 3.94. The van der Waals surface area contributed by atoms with Crippen molar-refractivity contribution in [2.24, 2.45) is 0 Å². The highest BCUT2D eigenvalue weighted by Gasteiger charge is 2.04. The van der Waals surface area contributed by atoms with Gasteiger partial charge in [0.15, 0.2) is 0 Å². The Kier molecular flexibility index (Phi) is 4.07. The average molecular weight is 229 g/mol. The maximum atomic E-state index is 4.46. The molecule has 1 unspecified atom stereocenters. The van der Waals surface area contributed by atoms with Crippen LogP contribution in [0, 0.1) is 0 Å². The number of hydrogen-bond acceptors (Lipinski definition) is 3. The second-order valence-electron chi connectivity index (χ2n) is 4.32. The van der Waals surface area contributed by atoms with E-state index >= 15 is 0 Å². The molecular formula is C14H19N3. The molecule has 90 valence electrons. The zero-order valence-corrected chi connectivity index (χ0v) is 10.4. The Bertz CT molecular complexity index is 476. The first kappa shape index (κ1) is 12.0. The van der Waals surface area contributed by atoms with Crippen molar-refractivity contribution in [3.05, 3.63) is 42.2 Å². The molecule has 1 aromatic heterocycles. The summed E-state index contributed by atoms with van der Waals surface area (Å²) in [5.41, 5.74) is 1.12. The van der Waals surface area contributed by atoms with Gasteiger partial charge in [0, 0.05) is 30.7 Å². The van der Waals surface area contributed by atoms with Crippen LogP contribution in [0.15, 0.2) is 36.5 Å². The molecule has 2 N–H and O–H groups in total. The molecule has 1 atom stereocenters. The Hall–Kier alpha value is -1.45. The van der Waals surface area contributed by atoms with Gasteiger partial charge in [0.1, 0.15) is 0 Å². The normalized spacial score (nSPS) is 12.8. The molecule has 3 nitrogen and oxygen atoms in total. The van der Waals surface area contributed by atoms with Crippen LogP contribution in [-0.2, 0) is 6.54 Å². The molecule has 1 heterocycles. The number of rotatable bonds is 5. The third-order valence-corrected chi connectivity index (χ3v) is 2.88. The lowest BCUT2D eigenvalue weighted by Gasteiger charge is -2.13. The molecule has 0 aliphatic carbocycles. The highest BCUT2D eigenvalue weighted by molar-refractivity contribution is 5.84. The van der Waals surface area contributed by atoms with Crippen molar-refractivity contribution in [3.8, 4) is 0 Å². The summed E-state index contributed by atoms with van der Waals surface area (Å²) in [6.07, 6.45) is 1.88. The Morgan fingerprint density at radius 1 is 1.24 bits per heavy atom. The topological polar surface area (TPSA) is 37.0 Å². The molecule has 0 aliphatic heterocycles. The van der Waals surface area contributed by atoms with Gasteiger partial charge in [-0.25, -0.2) is 0 Å². The van der Waals surface area contributed by atoms with E-state index in [0.717, 1.165) is 18.8 Å². The fourth-order valence-corrected chi connectivity index (χ4v) is 1.97. The Labute approximate surface area is 102 Å². The number of aromatic nitrogens is 1. The van der Waals surface area contributed by atoms with E-state index in [1.165, 1.54) is 10.8 Å². The standard InChI is InChI=1S/C14H19N3/c1-11(9-15-2)17-10-14-13-6-4-3-5-12(13)7-8-16-14/h3-8,11,15,17H,9-10H2,1-2H3. The van der Waals surface area contributed by atoms with Gasteiger partial charge >= 0.3 is 0 Å². The second kappa shape index (κ2) is 5.75. The first-order valence-corrected chi connectivity index (χ1v) is 6.02. The Morgan fingerprint density at radius 3 is 2.88 bits per heavy atom. The molecule has 0 spiro atoms. The summed E-state index contributed by atoms with van der Waals surface area (Å²) in [5, 5.41) is 9.11. The molecule has 0 saturated heterocycles. The molecule has 17 heavy (non-hydrogen) atoms. The van der Waals surface area contributed by atoms with Crippen LogP contribution in [0.2, 0.25) is 0 Å². The number of pyridine rings is 1. The first-order valence-electron chi connectivity index (χ1n) is 6.02. The third kappa shape index (κ3) is 3.02. The van der Waals surface area contributed by atoms with Gasteiger partial charge in [-0.2, -0.15) is 0 Å². The fourth-order valence-electron chi connectivity index (χ4n) is 1.97. The van der Waals surface area contributed by atoms with Gasteiger partial charge in [-0.3, -0.25) is 4.98 Å². The van der Waals surface area contributed by atoms with Gasteiger partial charge in [0.25, 0.3) is 0 Å². The van der Waals surface area contributed by atoms with Crippen molar-refractivity contribution < 1.29 is 0 Å². The maximum absolute atomic E-state index is 4.46. The summed E-state index contributed by atoms with van der Waals surface area (Å²) in [7, 11) is 1.97. The SMILES string of the molecule is CNCC(C)NCc1nccc2ccccc12. The summed E-state index contributed by atoms with van der Waals surface area (Å²) in [4.78, 5) is 4.46. The van der Waals surface area contributed by atoms with Crippen molar-refractivity contribution in [1.29, 1.82) is 0 Å². The maximum Gasteiger partial charge on any atom is 0.0619 e. The van der Waals surface area contributed by atoms with Crippen LogP contribution in [0.3, 0.4) is 0 Å².